The van der Waals surface area contributed by atoms with E-state index in [0.717, 1.165) is 6.54 Å². The van der Waals surface area contributed by atoms with Gasteiger partial charge in [0, 0.05) is 30.1 Å². The maximum absolute atomic E-state index is 13.5. The number of piperidine rings is 1. The molecule has 2 bridgehead atoms. The lowest BCUT2D eigenvalue weighted by Crippen LogP contribution is -2.79. The second-order valence-corrected chi connectivity index (χ2v) is 10.4. The summed E-state index contributed by atoms with van der Waals surface area (Å²) in [6.45, 7) is 1.50. The van der Waals surface area contributed by atoms with Crippen molar-refractivity contribution in [1.82, 2.24) is 15.5 Å². The zero-order valence-corrected chi connectivity index (χ0v) is 17.5. The number of carbonyl (C=O) groups excluding carboxylic acids is 3. The van der Waals surface area contributed by atoms with Crippen LogP contribution in [0.3, 0.4) is 0 Å². The lowest BCUT2D eigenvalue weighted by atomic mass is 9.49. The van der Waals surface area contributed by atoms with Crippen LogP contribution in [0.2, 0.25) is 0 Å². The number of aromatic hydroxyl groups is 1. The van der Waals surface area contributed by atoms with Crippen molar-refractivity contribution in [1.29, 1.82) is 0 Å². The third-order valence-corrected chi connectivity index (χ3v) is 9.01. The number of ketones is 1. The molecule has 0 aromatic heterocycles. The molecule has 32 heavy (non-hydrogen) atoms. The number of imide groups is 1. The Balaban J connectivity index is 1.49. The van der Waals surface area contributed by atoms with Gasteiger partial charge in [-0.05, 0) is 56.7 Å². The number of nitrogens with zero attached hydrogens (tertiary/aromatic N) is 1. The molecule has 2 saturated carbocycles. The van der Waals surface area contributed by atoms with Gasteiger partial charge in [0.15, 0.2) is 22.8 Å². The van der Waals surface area contributed by atoms with Crippen molar-refractivity contribution >= 4 is 17.7 Å². The fourth-order valence-corrected chi connectivity index (χ4v) is 7.44. The van der Waals surface area contributed by atoms with Gasteiger partial charge in [-0.15, -0.1) is 0 Å². The molecule has 6 aliphatic rings. The largest absolute Gasteiger partial charge is 0.504 e. The molecule has 0 radical (unpaired) electrons. The Bertz CT molecular complexity index is 1120. The van der Waals surface area contributed by atoms with Crippen LogP contribution in [0.4, 0.5) is 4.79 Å². The Hall–Kier alpha value is -2.65. The average molecular weight is 439 g/mol. The number of likely N-dealkylation sites (tertiary alicyclic amines) is 1. The van der Waals surface area contributed by atoms with E-state index in [1.165, 1.54) is 18.9 Å². The second kappa shape index (κ2) is 5.63. The van der Waals surface area contributed by atoms with Gasteiger partial charge in [0.25, 0.3) is 5.91 Å². The van der Waals surface area contributed by atoms with E-state index in [1.54, 1.807) is 6.07 Å². The maximum Gasteiger partial charge on any atom is 0.322 e. The first-order valence-electron chi connectivity index (χ1n) is 11.5. The van der Waals surface area contributed by atoms with E-state index >= 15 is 0 Å². The van der Waals surface area contributed by atoms with Gasteiger partial charge in [0.2, 0.25) is 0 Å². The molecule has 3 amide bonds. The molecule has 168 valence electrons. The molecule has 9 nitrogen and oxygen atoms in total. The molecular weight excluding hydrogens is 414 g/mol. The number of rotatable bonds is 2. The Labute approximate surface area is 184 Å². The van der Waals surface area contributed by atoms with Crippen LogP contribution in [0, 0.1) is 5.92 Å². The number of carbonyl (C=O) groups is 3. The molecule has 1 aromatic carbocycles. The molecule has 1 aromatic rings. The van der Waals surface area contributed by atoms with Crippen LogP contribution in [-0.2, 0) is 10.2 Å². The van der Waals surface area contributed by atoms with Crippen LogP contribution in [-0.4, -0.2) is 69.2 Å². The standard InChI is InChI=1S/C23H25N3O6/c27-13-4-3-12-14(28)9-15-23(31)6-5-22(19(29)24-20(30)25-22)18-21(23,16(12)17(13)32-18)7-8-26(15)10-11-1-2-11/h3-4,11,15,18,27,31H,1-2,5-10H2,(H2,24,25,29,30). The first kappa shape index (κ1) is 18.9. The molecule has 9 heteroatoms. The highest BCUT2D eigenvalue weighted by atomic mass is 16.5. The number of hydrogen-bond acceptors (Lipinski definition) is 7. The first-order chi connectivity index (χ1) is 15.3. The van der Waals surface area contributed by atoms with Gasteiger partial charge in [-0.3, -0.25) is 19.8 Å². The topological polar surface area (TPSA) is 128 Å². The van der Waals surface area contributed by atoms with Crippen LogP contribution in [0.1, 0.15) is 54.4 Å². The summed E-state index contributed by atoms with van der Waals surface area (Å²) in [4.78, 5) is 41.0. The number of aliphatic hydroxyl groups is 1. The van der Waals surface area contributed by atoms with Gasteiger partial charge in [-0.25, -0.2) is 4.79 Å². The molecule has 5 unspecified atom stereocenters. The number of benzene rings is 1. The van der Waals surface area contributed by atoms with Gasteiger partial charge in [-0.2, -0.15) is 0 Å². The first-order valence-corrected chi connectivity index (χ1v) is 11.5. The predicted molar refractivity (Wildman–Crippen MR) is 109 cm³/mol. The lowest BCUT2D eigenvalue weighted by molar-refractivity contribution is -0.197. The molecule has 3 aliphatic heterocycles. The highest BCUT2D eigenvalue weighted by molar-refractivity contribution is 6.08. The maximum atomic E-state index is 13.5. The normalized spacial score (nSPS) is 41.7. The average Bonchev–Trinajstić information content (AvgIpc) is 3.42. The van der Waals surface area contributed by atoms with Crippen LogP contribution in [0.5, 0.6) is 11.5 Å². The van der Waals surface area contributed by atoms with E-state index in [0.29, 0.717) is 30.0 Å². The van der Waals surface area contributed by atoms with E-state index in [-0.39, 0.29) is 36.5 Å². The quantitative estimate of drug-likeness (QED) is 0.496. The van der Waals surface area contributed by atoms with Gasteiger partial charge in [-0.1, -0.05) is 0 Å². The number of ether oxygens (including phenoxy) is 1. The van der Waals surface area contributed by atoms with Crippen molar-refractivity contribution in [3.05, 3.63) is 23.3 Å². The van der Waals surface area contributed by atoms with Crippen LogP contribution in [0.25, 0.3) is 0 Å². The molecular formula is C23H25N3O6. The SMILES string of the molecule is O=C1NC(=O)C2(CCC3(O)C4CC(=O)c5ccc(O)c6c5C3(CCN4CC3CC3)C2O6)N1. The fourth-order valence-electron chi connectivity index (χ4n) is 7.44. The number of fused-ring (bicyclic) bond motifs is 1. The van der Waals surface area contributed by atoms with E-state index in [2.05, 4.69) is 15.5 Å². The van der Waals surface area contributed by atoms with E-state index in [1.807, 2.05) is 0 Å². The summed E-state index contributed by atoms with van der Waals surface area (Å²) in [5.41, 5.74) is -2.82. The Morgan fingerprint density at radius 3 is 2.69 bits per heavy atom. The minimum atomic E-state index is -1.36. The minimum Gasteiger partial charge on any atom is -0.504 e. The van der Waals surface area contributed by atoms with Crippen molar-refractivity contribution < 1.29 is 29.3 Å². The summed E-state index contributed by atoms with van der Waals surface area (Å²) in [7, 11) is 0. The van der Waals surface area contributed by atoms with Gasteiger partial charge < -0.3 is 20.3 Å². The molecule has 2 spiro atoms. The summed E-state index contributed by atoms with van der Waals surface area (Å²) in [5, 5.41) is 28.3. The Kier molecular flexibility index (Phi) is 3.32. The van der Waals surface area contributed by atoms with E-state index in [4.69, 9.17) is 4.74 Å². The molecule has 5 atom stereocenters. The molecule has 3 heterocycles. The van der Waals surface area contributed by atoms with Crippen LogP contribution >= 0.6 is 0 Å². The summed E-state index contributed by atoms with van der Waals surface area (Å²) < 4.78 is 6.31. The predicted octanol–water partition coefficient (Wildman–Crippen LogP) is 0.565. The van der Waals surface area contributed by atoms with Crippen molar-refractivity contribution in [2.24, 2.45) is 5.92 Å². The smallest absolute Gasteiger partial charge is 0.322 e. The van der Waals surface area contributed by atoms with Gasteiger partial charge in [0.05, 0.1) is 11.0 Å². The molecule has 4 fully saturated rings. The Morgan fingerprint density at radius 1 is 1.16 bits per heavy atom. The highest BCUT2D eigenvalue weighted by Crippen LogP contribution is 2.66. The van der Waals surface area contributed by atoms with E-state index in [9.17, 15) is 24.6 Å². The number of hydrogen-bond donors (Lipinski definition) is 4. The number of phenolic OH excluding ortho intramolecular Hbond substituents is 1. The summed E-state index contributed by atoms with van der Waals surface area (Å²) in [6, 6.07) is 2.05. The molecule has 7 rings (SSSR count). The summed E-state index contributed by atoms with van der Waals surface area (Å²) in [5.74, 6) is 0.0605. The lowest BCUT2D eigenvalue weighted by Gasteiger charge is -2.62. The van der Waals surface area contributed by atoms with Crippen molar-refractivity contribution in [3.8, 4) is 11.5 Å². The van der Waals surface area contributed by atoms with Crippen molar-refractivity contribution in [2.75, 3.05) is 13.1 Å². The highest BCUT2D eigenvalue weighted by Gasteiger charge is 2.78. The zero-order chi connectivity index (χ0) is 22.0. The van der Waals surface area contributed by atoms with Crippen molar-refractivity contribution in [2.45, 2.75) is 67.2 Å². The summed E-state index contributed by atoms with van der Waals surface area (Å²) >= 11 is 0. The number of amides is 3. The number of nitrogens with one attached hydrogen (secondary N) is 2. The zero-order valence-electron chi connectivity index (χ0n) is 17.5. The van der Waals surface area contributed by atoms with Crippen LogP contribution in [0.15, 0.2) is 12.1 Å². The fraction of sp³-hybridized carbons (Fsp3) is 0.609. The summed E-state index contributed by atoms with van der Waals surface area (Å²) in [6.07, 6.45) is 2.51. The third-order valence-electron chi connectivity index (χ3n) is 9.01. The monoisotopic (exact) mass is 439 g/mol. The molecule has 2 saturated heterocycles. The molecule has 3 aliphatic carbocycles. The molecule has 4 N–H and O–H groups in total. The van der Waals surface area contributed by atoms with Gasteiger partial charge >= 0.3 is 6.03 Å². The number of urea groups is 1. The number of phenols is 1. The van der Waals surface area contributed by atoms with Crippen molar-refractivity contribution in [3.63, 3.8) is 0 Å². The third kappa shape index (κ3) is 1.96. The Morgan fingerprint density at radius 2 is 1.97 bits per heavy atom. The number of Topliss-reactive ketones (excluding diaryl/α,β-unsaturated/α-hetero) is 1. The van der Waals surface area contributed by atoms with Gasteiger partial charge in [0.1, 0.15) is 6.10 Å². The second-order valence-electron chi connectivity index (χ2n) is 10.4. The van der Waals surface area contributed by atoms with Crippen LogP contribution < -0.4 is 15.4 Å². The van der Waals surface area contributed by atoms with E-state index < -0.39 is 40.6 Å². The minimum absolute atomic E-state index is 0.0886.